The zero-order valence-electron chi connectivity index (χ0n) is 12.7. The molecular weight excluding hydrogens is 250 g/mol. The summed E-state index contributed by atoms with van der Waals surface area (Å²) in [4.78, 5) is 4.70. The highest BCUT2D eigenvalue weighted by atomic mass is 16.3. The molecule has 4 heteroatoms. The van der Waals surface area contributed by atoms with Crippen LogP contribution in [0.1, 0.15) is 25.5 Å². The molecule has 20 heavy (non-hydrogen) atoms. The summed E-state index contributed by atoms with van der Waals surface area (Å²) in [7, 11) is 0. The third-order valence-electron chi connectivity index (χ3n) is 4.17. The molecule has 2 N–H and O–H groups in total. The Morgan fingerprint density at radius 2 is 1.75 bits per heavy atom. The van der Waals surface area contributed by atoms with Crippen LogP contribution in [0.2, 0.25) is 0 Å². The molecule has 0 radical (unpaired) electrons. The summed E-state index contributed by atoms with van der Waals surface area (Å²) < 4.78 is 0. The third-order valence-corrected chi connectivity index (χ3v) is 4.17. The molecule has 4 nitrogen and oxygen atoms in total. The van der Waals surface area contributed by atoms with E-state index in [1.54, 1.807) is 0 Å². The van der Waals surface area contributed by atoms with E-state index in [1.165, 1.54) is 11.3 Å². The molecule has 0 saturated carbocycles. The highest BCUT2D eigenvalue weighted by Crippen LogP contribution is 2.23. The van der Waals surface area contributed by atoms with Crippen molar-refractivity contribution < 1.29 is 5.11 Å². The Morgan fingerprint density at radius 3 is 2.25 bits per heavy atom. The lowest BCUT2D eigenvalue weighted by molar-refractivity contribution is 0.111. The molecule has 1 aliphatic rings. The Morgan fingerprint density at radius 1 is 1.15 bits per heavy atom. The van der Waals surface area contributed by atoms with Gasteiger partial charge >= 0.3 is 0 Å². The molecule has 0 aliphatic carbocycles. The van der Waals surface area contributed by atoms with Gasteiger partial charge in [-0.3, -0.25) is 4.90 Å². The summed E-state index contributed by atoms with van der Waals surface area (Å²) in [5, 5.41) is 13.1. The molecule has 2 rings (SSSR count). The van der Waals surface area contributed by atoms with Crippen LogP contribution in [-0.2, 0) is 0 Å². The van der Waals surface area contributed by atoms with Crippen LogP contribution in [0, 0.1) is 0 Å². The Kier molecular flexibility index (Phi) is 5.83. The molecule has 0 aromatic heterocycles. The largest absolute Gasteiger partial charge is 0.394 e. The number of nitrogens with one attached hydrogen (secondary N) is 1. The second-order valence-electron chi connectivity index (χ2n) is 5.25. The van der Waals surface area contributed by atoms with Crippen molar-refractivity contribution in [1.29, 1.82) is 0 Å². The fraction of sp³-hybridized carbons (Fsp3) is 0.625. The summed E-state index contributed by atoms with van der Waals surface area (Å²) in [6, 6.07) is 8.80. The number of benzene rings is 1. The van der Waals surface area contributed by atoms with Crippen LogP contribution in [0.4, 0.5) is 5.69 Å². The van der Waals surface area contributed by atoms with E-state index in [9.17, 15) is 5.11 Å². The molecule has 1 aromatic rings. The van der Waals surface area contributed by atoms with Crippen molar-refractivity contribution in [3.8, 4) is 0 Å². The summed E-state index contributed by atoms with van der Waals surface area (Å²) in [5.41, 5.74) is 2.47. The molecule has 1 aromatic carbocycles. The predicted molar refractivity (Wildman–Crippen MR) is 84.3 cm³/mol. The van der Waals surface area contributed by atoms with E-state index in [-0.39, 0.29) is 12.6 Å². The highest BCUT2D eigenvalue weighted by Gasteiger charge is 2.21. The van der Waals surface area contributed by atoms with Crippen molar-refractivity contribution in [2.24, 2.45) is 0 Å². The van der Waals surface area contributed by atoms with Gasteiger partial charge in [-0.2, -0.15) is 0 Å². The van der Waals surface area contributed by atoms with Crippen molar-refractivity contribution >= 4 is 5.69 Å². The minimum Gasteiger partial charge on any atom is -0.394 e. The van der Waals surface area contributed by atoms with Gasteiger partial charge in [-0.1, -0.05) is 12.1 Å². The van der Waals surface area contributed by atoms with Gasteiger partial charge in [-0.05, 0) is 31.5 Å². The number of rotatable bonds is 6. The van der Waals surface area contributed by atoms with Gasteiger partial charge in [0.25, 0.3) is 0 Å². The topological polar surface area (TPSA) is 38.7 Å². The van der Waals surface area contributed by atoms with Gasteiger partial charge in [-0.25, -0.2) is 0 Å². The Hall–Kier alpha value is -1.10. The summed E-state index contributed by atoms with van der Waals surface area (Å²) in [6.45, 7) is 10.6. The lowest BCUT2D eigenvalue weighted by atomic mass is 10.0. The standard InChI is InChI=1S/C16H27N3O/c1-3-18(4-2)15-7-5-14(6-8-15)16(13-20)19-11-9-17-10-12-19/h5-8,16-17,20H,3-4,9-13H2,1-2H3. The van der Waals surface area contributed by atoms with E-state index >= 15 is 0 Å². The Labute approximate surface area is 122 Å². The van der Waals surface area contributed by atoms with Crippen LogP contribution in [0.15, 0.2) is 24.3 Å². The SMILES string of the molecule is CCN(CC)c1ccc(C(CO)N2CCNCC2)cc1. The summed E-state index contributed by atoms with van der Waals surface area (Å²) in [6.07, 6.45) is 0. The molecule has 0 amide bonds. The van der Waals surface area contributed by atoms with Gasteiger partial charge in [0.2, 0.25) is 0 Å². The van der Waals surface area contributed by atoms with Crippen LogP contribution < -0.4 is 10.2 Å². The van der Waals surface area contributed by atoms with E-state index in [1.807, 2.05) is 0 Å². The van der Waals surface area contributed by atoms with Crippen LogP contribution in [0.25, 0.3) is 0 Å². The first-order valence-electron chi connectivity index (χ1n) is 7.70. The van der Waals surface area contributed by atoms with Gasteiger partial charge in [0.15, 0.2) is 0 Å². The molecule has 1 fully saturated rings. The van der Waals surface area contributed by atoms with E-state index in [2.05, 4.69) is 53.2 Å². The zero-order chi connectivity index (χ0) is 14.4. The lowest BCUT2D eigenvalue weighted by Crippen LogP contribution is -2.46. The average molecular weight is 277 g/mol. The van der Waals surface area contributed by atoms with Crippen LogP contribution >= 0.6 is 0 Å². The normalized spacial score (nSPS) is 17.9. The van der Waals surface area contributed by atoms with Crippen molar-refractivity contribution in [1.82, 2.24) is 10.2 Å². The van der Waals surface area contributed by atoms with Crippen LogP contribution in [-0.4, -0.2) is 55.9 Å². The number of aliphatic hydroxyl groups is 1. The Balaban J connectivity index is 2.10. The van der Waals surface area contributed by atoms with Gasteiger partial charge in [0, 0.05) is 45.0 Å². The molecule has 0 spiro atoms. The molecule has 1 heterocycles. The van der Waals surface area contributed by atoms with Crippen molar-refractivity contribution in [3.05, 3.63) is 29.8 Å². The Bertz CT molecular complexity index is 383. The third kappa shape index (κ3) is 3.51. The first-order chi connectivity index (χ1) is 9.80. The molecule has 1 unspecified atom stereocenters. The van der Waals surface area contributed by atoms with E-state index in [0.29, 0.717) is 0 Å². The lowest BCUT2D eigenvalue weighted by Gasteiger charge is -2.34. The predicted octanol–water partition coefficient (Wildman–Crippen LogP) is 1.47. The second-order valence-corrected chi connectivity index (χ2v) is 5.25. The van der Waals surface area contributed by atoms with E-state index < -0.39 is 0 Å². The van der Waals surface area contributed by atoms with Crippen molar-refractivity contribution in [2.45, 2.75) is 19.9 Å². The van der Waals surface area contributed by atoms with E-state index in [4.69, 9.17) is 0 Å². The first kappa shape index (κ1) is 15.3. The van der Waals surface area contributed by atoms with Gasteiger partial charge in [0.1, 0.15) is 0 Å². The van der Waals surface area contributed by atoms with Gasteiger partial charge < -0.3 is 15.3 Å². The number of nitrogens with zero attached hydrogens (tertiary/aromatic N) is 2. The van der Waals surface area contributed by atoms with Crippen LogP contribution in [0.3, 0.4) is 0 Å². The molecule has 1 aliphatic heterocycles. The van der Waals surface area contributed by atoms with Gasteiger partial charge in [0.05, 0.1) is 12.6 Å². The molecule has 1 atom stereocenters. The monoisotopic (exact) mass is 277 g/mol. The van der Waals surface area contributed by atoms with Crippen molar-refractivity contribution in [3.63, 3.8) is 0 Å². The number of hydrogen-bond acceptors (Lipinski definition) is 4. The molecule has 0 bridgehead atoms. The maximum Gasteiger partial charge on any atom is 0.0628 e. The maximum absolute atomic E-state index is 9.73. The minimum absolute atomic E-state index is 0.128. The maximum atomic E-state index is 9.73. The fourth-order valence-corrected chi connectivity index (χ4v) is 2.92. The number of aliphatic hydroxyl groups excluding tert-OH is 1. The minimum atomic E-state index is 0.128. The number of anilines is 1. The second kappa shape index (κ2) is 7.62. The average Bonchev–Trinajstić information content (AvgIpc) is 2.52. The van der Waals surface area contributed by atoms with Crippen molar-refractivity contribution in [2.75, 3.05) is 50.8 Å². The molecular formula is C16H27N3O. The zero-order valence-corrected chi connectivity index (χ0v) is 12.7. The van der Waals surface area contributed by atoms with E-state index in [0.717, 1.165) is 39.3 Å². The smallest absolute Gasteiger partial charge is 0.0628 e. The number of piperazine rings is 1. The fourth-order valence-electron chi connectivity index (χ4n) is 2.92. The quantitative estimate of drug-likeness (QED) is 0.826. The molecule has 1 saturated heterocycles. The first-order valence-corrected chi connectivity index (χ1v) is 7.70. The molecule has 112 valence electrons. The number of hydrogen-bond donors (Lipinski definition) is 2. The highest BCUT2D eigenvalue weighted by molar-refractivity contribution is 5.47. The summed E-state index contributed by atoms with van der Waals surface area (Å²) in [5.74, 6) is 0. The van der Waals surface area contributed by atoms with Gasteiger partial charge in [-0.15, -0.1) is 0 Å². The van der Waals surface area contributed by atoms with Crippen LogP contribution in [0.5, 0.6) is 0 Å². The summed E-state index contributed by atoms with van der Waals surface area (Å²) >= 11 is 0.